The first kappa shape index (κ1) is 29.1. The average molecular weight is 631 g/mol. The topological polar surface area (TPSA) is 38.0 Å². The van der Waals surface area contributed by atoms with Crippen LogP contribution < -0.4 is 0 Å². The number of para-hydroxylation sites is 4. The largest absolute Gasteiger partial charge is 0.415 e. The number of aryl methyl sites for hydroxylation is 2. The molecule has 0 N–H and O–H groups in total. The van der Waals surface area contributed by atoms with Gasteiger partial charge in [0.1, 0.15) is 11.6 Å². The zero-order valence-electron chi connectivity index (χ0n) is 25.9. The van der Waals surface area contributed by atoms with Crippen molar-refractivity contribution in [1.82, 2.24) is 9.13 Å². The lowest BCUT2D eigenvalue weighted by atomic mass is 9.95. The van der Waals surface area contributed by atoms with Crippen molar-refractivity contribution in [3.8, 4) is 28.6 Å². The lowest BCUT2D eigenvalue weighted by Gasteiger charge is -2.21. The zero-order valence-corrected chi connectivity index (χ0v) is 25.9. The number of fused-ring (bicyclic) bond motifs is 6. The van der Waals surface area contributed by atoms with Crippen LogP contribution in [0.4, 0.5) is 18.9 Å². The summed E-state index contributed by atoms with van der Waals surface area (Å²) in [5.41, 5.74) is 6.82. The van der Waals surface area contributed by atoms with Crippen LogP contribution in [-0.2, 0) is 6.18 Å². The van der Waals surface area contributed by atoms with Crippen molar-refractivity contribution in [2.45, 2.75) is 20.0 Å². The van der Waals surface area contributed by atoms with Gasteiger partial charge < -0.3 is 9.13 Å². The van der Waals surface area contributed by atoms with Gasteiger partial charge in [-0.3, -0.25) is 0 Å². The molecule has 8 aromatic rings. The van der Waals surface area contributed by atoms with Crippen LogP contribution in [0.5, 0.6) is 0 Å². The van der Waals surface area contributed by atoms with E-state index in [4.69, 9.17) is 6.57 Å². The smallest absolute Gasteiger partial charge is 0.308 e. The predicted molar refractivity (Wildman–Crippen MR) is 186 cm³/mol. The zero-order chi connectivity index (χ0) is 33.3. The van der Waals surface area contributed by atoms with Crippen LogP contribution in [-0.4, -0.2) is 9.13 Å². The Morgan fingerprint density at radius 3 is 1.77 bits per heavy atom. The fourth-order valence-corrected chi connectivity index (χ4v) is 7.22. The number of rotatable bonds is 3. The second-order valence-corrected chi connectivity index (χ2v) is 12.0. The van der Waals surface area contributed by atoms with Crippen LogP contribution in [0.25, 0.3) is 71.0 Å². The molecule has 7 heteroatoms. The van der Waals surface area contributed by atoms with E-state index >= 15 is 0 Å². The molecule has 8 rings (SSSR count). The molecule has 2 heterocycles. The van der Waals surface area contributed by atoms with Crippen molar-refractivity contribution < 1.29 is 13.2 Å². The van der Waals surface area contributed by atoms with Gasteiger partial charge in [0.15, 0.2) is 5.69 Å². The monoisotopic (exact) mass is 630 g/mol. The number of benzene rings is 6. The molecule has 0 amide bonds. The summed E-state index contributed by atoms with van der Waals surface area (Å²) in [6, 6.07) is 37.6. The highest BCUT2D eigenvalue weighted by atomic mass is 19.4. The van der Waals surface area contributed by atoms with E-state index < -0.39 is 11.7 Å². The molecule has 0 aliphatic rings. The van der Waals surface area contributed by atoms with Gasteiger partial charge in [0.2, 0.25) is 0 Å². The SMILES string of the molecule is [C-]#[N+]c1cc(C(F)(F)F)ccc1-c1ccc(-n2c3ccccc3c3cccc(C)c32)c(C#N)c1-n1c2ccccc2c2cccc(C)c21. The molecular weight excluding hydrogens is 605 g/mol. The van der Waals surface area contributed by atoms with Crippen LogP contribution in [0.2, 0.25) is 0 Å². The first-order valence-corrected chi connectivity index (χ1v) is 15.4. The summed E-state index contributed by atoms with van der Waals surface area (Å²) in [4.78, 5) is 3.56. The van der Waals surface area contributed by atoms with Gasteiger partial charge in [-0.05, 0) is 60.4 Å². The van der Waals surface area contributed by atoms with Crippen LogP contribution in [0, 0.1) is 31.8 Å². The molecule has 2 aromatic heterocycles. The van der Waals surface area contributed by atoms with Crippen molar-refractivity contribution in [3.05, 3.63) is 149 Å². The molecule has 0 saturated heterocycles. The van der Waals surface area contributed by atoms with Gasteiger partial charge in [0.25, 0.3) is 0 Å². The molecule has 0 radical (unpaired) electrons. The molecule has 0 atom stereocenters. The maximum absolute atomic E-state index is 13.8. The molecule has 48 heavy (non-hydrogen) atoms. The van der Waals surface area contributed by atoms with Crippen LogP contribution >= 0.6 is 0 Å². The average Bonchev–Trinajstić information content (AvgIpc) is 3.61. The summed E-state index contributed by atoms with van der Waals surface area (Å²) in [5, 5.41) is 15.2. The molecule has 230 valence electrons. The lowest BCUT2D eigenvalue weighted by molar-refractivity contribution is -0.137. The van der Waals surface area contributed by atoms with Crippen LogP contribution in [0.1, 0.15) is 22.3 Å². The third-order valence-electron chi connectivity index (χ3n) is 9.26. The minimum absolute atomic E-state index is 0.145. The molecule has 6 aromatic carbocycles. The van der Waals surface area contributed by atoms with Gasteiger partial charge in [-0.15, -0.1) is 0 Å². The van der Waals surface area contributed by atoms with E-state index in [1.54, 1.807) is 0 Å². The van der Waals surface area contributed by atoms with Gasteiger partial charge in [0.05, 0.1) is 40.0 Å². The van der Waals surface area contributed by atoms with Gasteiger partial charge in [-0.1, -0.05) is 91.0 Å². The summed E-state index contributed by atoms with van der Waals surface area (Å²) in [5.74, 6) is 0. The van der Waals surface area contributed by atoms with E-state index in [1.165, 1.54) is 6.07 Å². The molecular formula is C41H25F3N4. The van der Waals surface area contributed by atoms with Crippen molar-refractivity contribution in [1.29, 1.82) is 5.26 Å². The van der Waals surface area contributed by atoms with E-state index in [1.807, 2.05) is 103 Å². The summed E-state index contributed by atoms with van der Waals surface area (Å²) >= 11 is 0. The Hall–Kier alpha value is -6.31. The van der Waals surface area contributed by atoms with Crippen molar-refractivity contribution in [2.75, 3.05) is 0 Å². The summed E-state index contributed by atoms with van der Waals surface area (Å²) in [7, 11) is 0. The van der Waals surface area contributed by atoms with Gasteiger partial charge >= 0.3 is 6.18 Å². The summed E-state index contributed by atoms with van der Waals surface area (Å²) in [6.07, 6.45) is -4.61. The van der Waals surface area contributed by atoms with E-state index in [0.717, 1.165) is 66.9 Å². The van der Waals surface area contributed by atoms with Gasteiger partial charge in [-0.25, -0.2) is 4.85 Å². The predicted octanol–water partition coefficient (Wildman–Crippen LogP) is 11.6. The van der Waals surface area contributed by atoms with Crippen molar-refractivity contribution >= 4 is 49.3 Å². The Bertz CT molecular complexity index is 2710. The number of hydrogen-bond donors (Lipinski definition) is 0. The number of hydrogen-bond acceptors (Lipinski definition) is 1. The van der Waals surface area contributed by atoms with E-state index in [-0.39, 0.29) is 5.69 Å². The normalized spacial score (nSPS) is 11.8. The Labute approximate surface area is 273 Å². The highest BCUT2D eigenvalue weighted by Gasteiger charge is 2.32. The minimum Gasteiger partial charge on any atom is -0.308 e. The van der Waals surface area contributed by atoms with E-state index in [0.29, 0.717) is 28.1 Å². The van der Waals surface area contributed by atoms with Crippen molar-refractivity contribution in [3.63, 3.8) is 0 Å². The maximum atomic E-state index is 13.8. The first-order valence-electron chi connectivity index (χ1n) is 15.4. The third kappa shape index (κ3) is 4.15. The van der Waals surface area contributed by atoms with E-state index in [2.05, 4.69) is 27.6 Å². The van der Waals surface area contributed by atoms with Gasteiger partial charge in [-0.2, -0.15) is 18.4 Å². The fourth-order valence-electron chi connectivity index (χ4n) is 7.22. The van der Waals surface area contributed by atoms with Crippen molar-refractivity contribution in [2.24, 2.45) is 0 Å². The summed E-state index contributed by atoms with van der Waals surface area (Å²) in [6.45, 7) is 12.0. The molecule has 0 aliphatic heterocycles. The summed E-state index contributed by atoms with van der Waals surface area (Å²) < 4.78 is 45.5. The highest BCUT2D eigenvalue weighted by molar-refractivity contribution is 6.12. The first-order chi connectivity index (χ1) is 23.2. The molecule has 4 nitrogen and oxygen atoms in total. The molecule has 0 fully saturated rings. The van der Waals surface area contributed by atoms with Crippen LogP contribution in [0.3, 0.4) is 0 Å². The Kier molecular flexibility index (Phi) is 6.44. The second kappa shape index (κ2) is 10.6. The Balaban J connectivity index is 1.59. The standard InChI is InChI=1S/C41H25F3N4/c1-24-10-8-14-30-28-12-4-6-16-35(28)47(38(24)30)37-21-20-32(27-19-18-26(41(42,43)44)22-34(27)46-3)40(33(37)23-45)48-36-17-7-5-13-29(36)31-15-9-11-25(2)39(31)48/h4-22H,1-2H3. The molecule has 0 bridgehead atoms. The quantitative estimate of drug-likeness (QED) is 0.179. The molecule has 0 saturated carbocycles. The lowest BCUT2D eigenvalue weighted by Crippen LogP contribution is -2.08. The number of alkyl halides is 3. The Morgan fingerprint density at radius 2 is 1.19 bits per heavy atom. The Morgan fingerprint density at radius 1 is 0.646 bits per heavy atom. The molecule has 0 aliphatic carbocycles. The second-order valence-electron chi connectivity index (χ2n) is 12.0. The van der Waals surface area contributed by atoms with Gasteiger partial charge in [0, 0.05) is 27.1 Å². The number of halogens is 3. The molecule has 0 unspecified atom stereocenters. The number of nitrogens with zero attached hydrogens (tertiary/aromatic N) is 4. The fraction of sp³-hybridized carbons (Fsp3) is 0.0732. The van der Waals surface area contributed by atoms with E-state index in [9.17, 15) is 18.4 Å². The maximum Gasteiger partial charge on any atom is 0.415 e. The minimum atomic E-state index is -4.61. The highest BCUT2D eigenvalue weighted by Crippen LogP contribution is 2.45. The van der Waals surface area contributed by atoms with Crippen LogP contribution in [0.15, 0.2) is 115 Å². The number of nitriles is 1. The third-order valence-corrected chi connectivity index (χ3v) is 9.26. The molecule has 0 spiro atoms. The number of aromatic nitrogens is 2.